The van der Waals surface area contributed by atoms with Crippen LogP contribution in [0.1, 0.15) is 27.7 Å². The van der Waals surface area contributed by atoms with E-state index in [2.05, 4.69) is 0 Å². The maximum absolute atomic E-state index is 5.78. The third-order valence-corrected chi connectivity index (χ3v) is 5.44. The zero-order chi connectivity index (χ0) is 13.4. The monoisotopic (exact) mass is 276 g/mol. The Labute approximate surface area is 110 Å². The quantitative estimate of drug-likeness (QED) is 0.346. The van der Waals surface area contributed by atoms with Crippen molar-refractivity contribution >= 4 is 8.80 Å². The molecule has 1 rings (SSSR count). The Balaban J connectivity index is 2.73. The first-order chi connectivity index (χ1) is 8.72. The lowest BCUT2D eigenvalue weighted by Crippen LogP contribution is -2.49. The van der Waals surface area contributed by atoms with E-state index >= 15 is 0 Å². The van der Waals surface area contributed by atoms with Crippen LogP contribution in [-0.4, -0.2) is 47.9 Å². The van der Waals surface area contributed by atoms with E-state index in [1.807, 2.05) is 33.8 Å². The molecule has 0 aromatic rings. The van der Waals surface area contributed by atoms with Gasteiger partial charge in [-0.1, -0.05) is 0 Å². The van der Waals surface area contributed by atoms with Crippen molar-refractivity contribution in [3.8, 4) is 0 Å². The van der Waals surface area contributed by atoms with Crippen LogP contribution in [0.3, 0.4) is 0 Å². The van der Waals surface area contributed by atoms with E-state index in [1.54, 1.807) is 0 Å². The van der Waals surface area contributed by atoms with E-state index in [4.69, 9.17) is 22.8 Å². The third kappa shape index (κ3) is 4.36. The van der Waals surface area contributed by atoms with Crippen molar-refractivity contribution in [2.75, 3.05) is 33.0 Å². The number of rotatable bonds is 10. The van der Waals surface area contributed by atoms with Gasteiger partial charge in [0.2, 0.25) is 0 Å². The lowest BCUT2D eigenvalue weighted by molar-refractivity contribution is 0.0543. The number of ether oxygens (including phenoxy) is 2. The van der Waals surface area contributed by atoms with Crippen molar-refractivity contribution in [3.63, 3.8) is 0 Å². The molecule has 1 heterocycles. The number of allylic oxidation sites excluding steroid dienone is 1. The van der Waals surface area contributed by atoms with Gasteiger partial charge in [0.1, 0.15) is 12.7 Å². The minimum Gasteiger partial charge on any atom is -0.492 e. The van der Waals surface area contributed by atoms with Crippen molar-refractivity contribution in [2.45, 2.75) is 33.8 Å². The maximum atomic E-state index is 5.78. The van der Waals surface area contributed by atoms with Gasteiger partial charge in [-0.15, -0.1) is 0 Å². The Hall–Kier alpha value is -0.403. The fourth-order valence-corrected chi connectivity index (χ4v) is 4.03. The third-order valence-electron chi connectivity index (χ3n) is 2.39. The molecule has 0 aromatic heterocycles. The van der Waals surface area contributed by atoms with E-state index in [0.717, 1.165) is 6.61 Å². The summed E-state index contributed by atoms with van der Waals surface area (Å²) in [7, 11) is -2.88. The van der Waals surface area contributed by atoms with E-state index < -0.39 is 8.80 Å². The molecule has 1 aliphatic heterocycles. The molecule has 18 heavy (non-hydrogen) atoms. The van der Waals surface area contributed by atoms with Crippen LogP contribution < -0.4 is 0 Å². The highest BCUT2D eigenvalue weighted by Crippen LogP contribution is 2.23. The largest absolute Gasteiger partial charge is 0.573 e. The fourth-order valence-electron chi connectivity index (χ4n) is 1.60. The number of epoxide rings is 1. The molecule has 6 heteroatoms. The zero-order valence-electron chi connectivity index (χ0n) is 11.7. The number of hydrogen-bond donors (Lipinski definition) is 0. The van der Waals surface area contributed by atoms with Crippen molar-refractivity contribution in [2.24, 2.45) is 0 Å². The molecular weight excluding hydrogens is 252 g/mol. The van der Waals surface area contributed by atoms with Crippen molar-refractivity contribution in [3.05, 3.63) is 11.5 Å². The van der Waals surface area contributed by atoms with E-state index in [-0.39, 0.29) is 6.10 Å². The highest BCUT2D eigenvalue weighted by Gasteiger charge is 2.47. The predicted molar refractivity (Wildman–Crippen MR) is 70.1 cm³/mol. The number of hydrogen-bond acceptors (Lipinski definition) is 5. The molecule has 0 radical (unpaired) electrons. The second-order valence-electron chi connectivity index (χ2n) is 3.77. The van der Waals surface area contributed by atoms with Crippen LogP contribution in [0.2, 0.25) is 0 Å². The molecule has 106 valence electrons. The topological polar surface area (TPSA) is 49.5 Å². The Morgan fingerprint density at radius 2 is 1.67 bits per heavy atom. The van der Waals surface area contributed by atoms with Gasteiger partial charge in [0.05, 0.1) is 6.61 Å². The van der Waals surface area contributed by atoms with Crippen LogP contribution in [0.5, 0.6) is 0 Å². The molecule has 0 spiro atoms. The van der Waals surface area contributed by atoms with Gasteiger partial charge in [0.25, 0.3) is 0 Å². The molecule has 0 bridgehead atoms. The summed E-state index contributed by atoms with van der Waals surface area (Å²) in [6.45, 7) is 10.6. The summed E-state index contributed by atoms with van der Waals surface area (Å²) in [4.78, 5) is 0. The predicted octanol–water partition coefficient (Wildman–Crippen LogP) is 1.89. The molecule has 0 aromatic carbocycles. The first kappa shape index (κ1) is 15.7. The van der Waals surface area contributed by atoms with Crippen molar-refractivity contribution in [1.82, 2.24) is 0 Å². The van der Waals surface area contributed by atoms with E-state index in [1.165, 1.54) is 0 Å². The molecule has 1 fully saturated rings. The molecule has 0 N–H and O–H groups in total. The van der Waals surface area contributed by atoms with Crippen molar-refractivity contribution < 1.29 is 22.8 Å². The van der Waals surface area contributed by atoms with Crippen LogP contribution >= 0.6 is 0 Å². The summed E-state index contributed by atoms with van der Waals surface area (Å²) in [5.41, 5.74) is 0. The first-order valence-electron chi connectivity index (χ1n) is 6.55. The Morgan fingerprint density at radius 3 is 2.00 bits per heavy atom. The minimum atomic E-state index is -2.88. The molecule has 1 saturated heterocycles. The van der Waals surface area contributed by atoms with Crippen molar-refractivity contribution in [1.29, 1.82) is 0 Å². The van der Waals surface area contributed by atoms with Gasteiger partial charge in [-0.2, -0.15) is 0 Å². The summed E-state index contributed by atoms with van der Waals surface area (Å²) in [5.74, 6) is 0. The van der Waals surface area contributed by atoms with Gasteiger partial charge in [-0.3, -0.25) is 0 Å². The maximum Gasteiger partial charge on any atom is 0.573 e. The Morgan fingerprint density at radius 1 is 1.17 bits per heavy atom. The average Bonchev–Trinajstić information content (AvgIpc) is 3.15. The molecule has 5 nitrogen and oxygen atoms in total. The molecule has 0 amide bonds. The van der Waals surface area contributed by atoms with Gasteiger partial charge in [-0.25, -0.2) is 0 Å². The van der Waals surface area contributed by atoms with Gasteiger partial charge in [-0.05, 0) is 33.8 Å². The van der Waals surface area contributed by atoms with Crippen LogP contribution in [0.15, 0.2) is 11.5 Å². The highest BCUT2D eigenvalue weighted by molar-refractivity contribution is 6.68. The van der Waals surface area contributed by atoms with Gasteiger partial charge in [0.15, 0.2) is 5.38 Å². The van der Waals surface area contributed by atoms with E-state index in [0.29, 0.717) is 31.8 Å². The molecular formula is C12H24O5Si. The minimum absolute atomic E-state index is 0.205. The smallest absolute Gasteiger partial charge is 0.492 e. The van der Waals surface area contributed by atoms with E-state index in [9.17, 15) is 0 Å². The standard InChI is InChI=1S/C12H24O5Si/c1-5-12(14-10-11-9-13-11)18(15-6-2,16-7-3)17-8-4/h5,11H,6-10H2,1-4H3/b12-5-. The van der Waals surface area contributed by atoms with Gasteiger partial charge < -0.3 is 22.8 Å². The zero-order valence-corrected chi connectivity index (χ0v) is 12.7. The molecule has 0 aliphatic carbocycles. The molecule has 1 atom stereocenters. The van der Waals surface area contributed by atoms with Crippen LogP contribution in [-0.2, 0) is 22.8 Å². The lowest BCUT2D eigenvalue weighted by atomic mass is 10.5. The summed E-state index contributed by atoms with van der Waals surface area (Å²) in [6.07, 6.45) is 2.08. The molecule has 1 unspecified atom stereocenters. The molecule has 1 aliphatic rings. The average molecular weight is 276 g/mol. The second-order valence-corrected chi connectivity index (χ2v) is 6.25. The van der Waals surface area contributed by atoms with Gasteiger partial charge >= 0.3 is 8.80 Å². The highest BCUT2D eigenvalue weighted by atomic mass is 28.4. The Bertz CT molecular complexity index is 248. The summed E-state index contributed by atoms with van der Waals surface area (Å²) < 4.78 is 28.2. The SMILES string of the molecule is C/C=C(/OCC1CO1)[Si](OCC)(OCC)OCC. The normalized spacial score (nSPS) is 20.0. The summed E-state index contributed by atoms with van der Waals surface area (Å²) >= 11 is 0. The lowest BCUT2D eigenvalue weighted by Gasteiger charge is -2.29. The first-order valence-corrected chi connectivity index (χ1v) is 8.27. The van der Waals surface area contributed by atoms with Gasteiger partial charge in [0, 0.05) is 19.8 Å². The fraction of sp³-hybridized carbons (Fsp3) is 0.833. The second kappa shape index (κ2) is 7.91. The summed E-state index contributed by atoms with van der Waals surface area (Å²) in [5, 5.41) is 0.684. The molecule has 0 saturated carbocycles. The Kier molecular flexibility index (Phi) is 6.88. The van der Waals surface area contributed by atoms with Crippen LogP contribution in [0, 0.1) is 0 Å². The summed E-state index contributed by atoms with van der Waals surface area (Å²) in [6, 6.07) is 0. The van der Waals surface area contributed by atoms with Crippen LogP contribution in [0.4, 0.5) is 0 Å². The van der Waals surface area contributed by atoms with Crippen LogP contribution in [0.25, 0.3) is 0 Å².